The van der Waals surface area contributed by atoms with Crippen LogP contribution in [0.25, 0.3) is 0 Å². The van der Waals surface area contributed by atoms with E-state index in [1.807, 2.05) is 18.5 Å². The van der Waals surface area contributed by atoms with E-state index in [0.29, 0.717) is 6.42 Å². The molecule has 5 heteroatoms. The van der Waals surface area contributed by atoms with Crippen molar-refractivity contribution in [1.82, 2.24) is 20.3 Å². The van der Waals surface area contributed by atoms with Crippen molar-refractivity contribution < 1.29 is 4.79 Å². The summed E-state index contributed by atoms with van der Waals surface area (Å²) in [6.07, 6.45) is 9.16. The Hall–Kier alpha value is -1.39. The van der Waals surface area contributed by atoms with Crippen molar-refractivity contribution in [2.75, 3.05) is 0 Å². The third-order valence-corrected chi connectivity index (χ3v) is 3.54. The fraction of sp³-hybridized carbons (Fsp3) is 0.824. The molecule has 22 heavy (non-hydrogen) atoms. The normalized spacial score (nSPS) is 11.4. The van der Waals surface area contributed by atoms with Gasteiger partial charge >= 0.3 is 0 Å². The molecule has 126 valence electrons. The van der Waals surface area contributed by atoms with Gasteiger partial charge in [-0.05, 0) is 45.4 Å². The molecular formula is C17H32N4O. The van der Waals surface area contributed by atoms with Gasteiger partial charge in [0.15, 0.2) is 0 Å². The van der Waals surface area contributed by atoms with Gasteiger partial charge in [0.05, 0.1) is 5.69 Å². The van der Waals surface area contributed by atoms with E-state index in [1.165, 1.54) is 12.8 Å². The van der Waals surface area contributed by atoms with Crippen molar-refractivity contribution in [1.29, 1.82) is 0 Å². The fourth-order valence-corrected chi connectivity index (χ4v) is 2.38. The summed E-state index contributed by atoms with van der Waals surface area (Å²) in [5.41, 5.74) is 1.09. The first-order valence-corrected chi connectivity index (χ1v) is 8.65. The van der Waals surface area contributed by atoms with Crippen LogP contribution in [0.1, 0.15) is 71.9 Å². The second kappa shape index (κ2) is 10.4. The average Bonchev–Trinajstić information content (AvgIpc) is 2.85. The molecule has 0 spiro atoms. The zero-order chi connectivity index (χ0) is 16.4. The van der Waals surface area contributed by atoms with Gasteiger partial charge in [-0.1, -0.05) is 31.9 Å². The Kier molecular flexibility index (Phi) is 8.78. The van der Waals surface area contributed by atoms with Crippen molar-refractivity contribution in [3.63, 3.8) is 0 Å². The summed E-state index contributed by atoms with van der Waals surface area (Å²) in [4.78, 5) is 11.5. The van der Waals surface area contributed by atoms with E-state index in [9.17, 15) is 4.79 Å². The smallest absolute Gasteiger partial charge is 0.220 e. The lowest BCUT2D eigenvalue weighted by molar-refractivity contribution is -0.121. The van der Waals surface area contributed by atoms with Gasteiger partial charge in [-0.2, -0.15) is 0 Å². The van der Waals surface area contributed by atoms with Crippen molar-refractivity contribution in [3.05, 3.63) is 11.9 Å². The van der Waals surface area contributed by atoms with Gasteiger partial charge in [0.1, 0.15) is 0 Å². The average molecular weight is 308 g/mol. The highest BCUT2D eigenvalue weighted by Crippen LogP contribution is 2.08. The molecule has 0 bridgehead atoms. The van der Waals surface area contributed by atoms with Crippen LogP contribution in [0.3, 0.4) is 0 Å². The Bertz CT molecular complexity index is 426. The van der Waals surface area contributed by atoms with Crippen LogP contribution in [0, 0.1) is 5.92 Å². The number of hydrogen-bond donors (Lipinski definition) is 1. The molecule has 0 unspecified atom stereocenters. The Morgan fingerprint density at radius 3 is 2.64 bits per heavy atom. The van der Waals surface area contributed by atoms with Gasteiger partial charge in [-0.15, -0.1) is 5.10 Å². The standard InChI is InChI=1S/C17H32N4O/c1-14(2)9-8-10-16-13-21(20-19-16)12-7-5-6-11-17(22)18-15(3)4/h13-15H,5-12H2,1-4H3,(H,18,22). The first-order valence-electron chi connectivity index (χ1n) is 8.65. The highest BCUT2D eigenvalue weighted by molar-refractivity contribution is 5.76. The molecule has 0 radical (unpaired) electrons. The summed E-state index contributed by atoms with van der Waals surface area (Å²) in [5, 5.41) is 11.3. The molecule has 0 aliphatic heterocycles. The minimum Gasteiger partial charge on any atom is -0.354 e. The van der Waals surface area contributed by atoms with Crippen LogP contribution in [0.5, 0.6) is 0 Å². The molecule has 0 saturated heterocycles. The van der Waals surface area contributed by atoms with Crippen molar-refractivity contribution in [2.24, 2.45) is 5.92 Å². The quantitative estimate of drug-likeness (QED) is 0.638. The molecule has 0 aliphatic carbocycles. The van der Waals surface area contributed by atoms with E-state index in [2.05, 4.69) is 35.7 Å². The molecule has 0 fully saturated rings. The van der Waals surface area contributed by atoms with Crippen molar-refractivity contribution >= 4 is 5.91 Å². The number of carbonyl (C=O) groups is 1. The molecule has 0 saturated carbocycles. The molecule has 1 heterocycles. The Morgan fingerprint density at radius 1 is 1.18 bits per heavy atom. The lowest BCUT2D eigenvalue weighted by Crippen LogP contribution is -2.29. The van der Waals surface area contributed by atoms with Crippen LogP contribution in [-0.4, -0.2) is 26.9 Å². The van der Waals surface area contributed by atoms with Crippen LogP contribution < -0.4 is 5.32 Å². The number of amides is 1. The maximum Gasteiger partial charge on any atom is 0.220 e. The van der Waals surface area contributed by atoms with Crippen molar-refractivity contribution in [2.45, 2.75) is 85.2 Å². The van der Waals surface area contributed by atoms with E-state index in [4.69, 9.17) is 0 Å². The van der Waals surface area contributed by atoms with Crippen LogP contribution in [0.2, 0.25) is 0 Å². The molecule has 5 nitrogen and oxygen atoms in total. The molecule has 0 atom stereocenters. The number of unbranched alkanes of at least 4 members (excludes halogenated alkanes) is 2. The van der Waals surface area contributed by atoms with Gasteiger partial charge < -0.3 is 5.32 Å². The first kappa shape index (κ1) is 18.7. The maximum absolute atomic E-state index is 11.5. The minimum atomic E-state index is 0.156. The Balaban J connectivity index is 2.10. The number of carbonyl (C=O) groups excluding carboxylic acids is 1. The maximum atomic E-state index is 11.5. The monoisotopic (exact) mass is 308 g/mol. The van der Waals surface area contributed by atoms with Gasteiger partial charge in [-0.3, -0.25) is 9.48 Å². The van der Waals surface area contributed by atoms with E-state index < -0.39 is 0 Å². The molecular weight excluding hydrogens is 276 g/mol. The molecule has 0 aliphatic rings. The van der Waals surface area contributed by atoms with Crippen LogP contribution >= 0.6 is 0 Å². The summed E-state index contributed by atoms with van der Waals surface area (Å²) in [6.45, 7) is 9.36. The number of nitrogens with one attached hydrogen (secondary N) is 1. The second-order valence-corrected chi connectivity index (χ2v) is 6.79. The van der Waals surface area contributed by atoms with E-state index >= 15 is 0 Å². The molecule has 1 aromatic rings. The first-order chi connectivity index (χ1) is 10.5. The summed E-state index contributed by atoms with van der Waals surface area (Å²) in [7, 11) is 0. The van der Waals surface area contributed by atoms with E-state index in [0.717, 1.165) is 43.8 Å². The summed E-state index contributed by atoms with van der Waals surface area (Å²) < 4.78 is 1.93. The Morgan fingerprint density at radius 2 is 1.95 bits per heavy atom. The third-order valence-electron chi connectivity index (χ3n) is 3.54. The highest BCUT2D eigenvalue weighted by atomic mass is 16.1. The van der Waals surface area contributed by atoms with Gasteiger partial charge in [0, 0.05) is 25.2 Å². The molecule has 1 rings (SSSR count). The van der Waals surface area contributed by atoms with Crippen molar-refractivity contribution in [3.8, 4) is 0 Å². The van der Waals surface area contributed by atoms with E-state index in [-0.39, 0.29) is 11.9 Å². The van der Waals surface area contributed by atoms with Gasteiger partial charge in [0.2, 0.25) is 5.91 Å². The zero-order valence-corrected chi connectivity index (χ0v) is 14.6. The number of hydrogen-bond acceptors (Lipinski definition) is 3. The largest absolute Gasteiger partial charge is 0.354 e. The second-order valence-electron chi connectivity index (χ2n) is 6.79. The number of aromatic nitrogens is 3. The number of aryl methyl sites for hydroxylation is 2. The minimum absolute atomic E-state index is 0.156. The predicted molar refractivity (Wildman–Crippen MR) is 89.5 cm³/mol. The zero-order valence-electron chi connectivity index (χ0n) is 14.6. The lowest BCUT2D eigenvalue weighted by Gasteiger charge is -2.07. The number of rotatable bonds is 11. The molecule has 1 N–H and O–H groups in total. The number of nitrogens with zero attached hydrogens (tertiary/aromatic N) is 3. The molecule has 1 amide bonds. The highest BCUT2D eigenvalue weighted by Gasteiger charge is 2.04. The lowest BCUT2D eigenvalue weighted by atomic mass is 10.1. The summed E-state index contributed by atoms with van der Waals surface area (Å²) in [5.74, 6) is 0.908. The SMILES string of the molecule is CC(C)CCCc1cn(CCCCCC(=O)NC(C)C)nn1. The third kappa shape index (κ3) is 8.80. The van der Waals surface area contributed by atoms with E-state index in [1.54, 1.807) is 0 Å². The van der Waals surface area contributed by atoms with Crippen LogP contribution in [0.4, 0.5) is 0 Å². The van der Waals surface area contributed by atoms with Gasteiger partial charge in [0.25, 0.3) is 0 Å². The van der Waals surface area contributed by atoms with Crippen LogP contribution in [0.15, 0.2) is 6.20 Å². The molecule has 1 aromatic heterocycles. The predicted octanol–water partition coefficient (Wildman–Crippen LogP) is 3.34. The van der Waals surface area contributed by atoms with Gasteiger partial charge in [-0.25, -0.2) is 0 Å². The topological polar surface area (TPSA) is 59.8 Å². The summed E-state index contributed by atoms with van der Waals surface area (Å²) >= 11 is 0. The summed E-state index contributed by atoms with van der Waals surface area (Å²) in [6, 6.07) is 0.233. The van der Waals surface area contributed by atoms with Crippen LogP contribution in [-0.2, 0) is 17.8 Å². The molecule has 0 aromatic carbocycles. The Labute approximate surface area is 134 Å². The fourth-order valence-electron chi connectivity index (χ4n) is 2.38.